The van der Waals surface area contributed by atoms with E-state index in [9.17, 15) is 0 Å². The average Bonchev–Trinajstić information content (AvgIpc) is 2.71. The van der Waals surface area contributed by atoms with E-state index in [4.69, 9.17) is 11.6 Å². The van der Waals surface area contributed by atoms with E-state index in [1.54, 1.807) is 6.20 Å². The van der Waals surface area contributed by atoms with Crippen molar-refractivity contribution in [1.29, 1.82) is 0 Å². The average molecular weight is 380 g/mol. The number of para-hydroxylation sites is 1. The molecule has 1 aliphatic rings. The summed E-state index contributed by atoms with van der Waals surface area (Å²) < 4.78 is 0. The van der Waals surface area contributed by atoms with Gasteiger partial charge >= 0.3 is 0 Å². The second kappa shape index (κ2) is 8.35. The Morgan fingerprint density at radius 1 is 1.00 bits per heavy atom. The van der Waals surface area contributed by atoms with Crippen molar-refractivity contribution in [2.24, 2.45) is 5.92 Å². The van der Waals surface area contributed by atoms with Crippen LogP contribution in [0.3, 0.4) is 0 Å². The van der Waals surface area contributed by atoms with Crippen molar-refractivity contribution in [3.8, 4) is 0 Å². The molecule has 2 heterocycles. The normalized spacial score (nSPS) is 14.9. The number of benzene rings is 2. The maximum absolute atomic E-state index is 6.21. The molecule has 1 fully saturated rings. The number of halogens is 1. The van der Waals surface area contributed by atoms with Crippen molar-refractivity contribution in [3.63, 3.8) is 0 Å². The Labute approximate surface area is 164 Å². The van der Waals surface area contributed by atoms with Gasteiger partial charge in [0, 0.05) is 13.1 Å². The van der Waals surface area contributed by atoms with Crippen LogP contribution < -0.4 is 10.2 Å². The highest BCUT2D eigenvalue weighted by molar-refractivity contribution is 6.33. The minimum atomic E-state index is 0.652. The molecule has 3 aromatic rings. The molecule has 5 nitrogen and oxygen atoms in total. The van der Waals surface area contributed by atoms with Crippen LogP contribution in [0.5, 0.6) is 0 Å². The Hall–Kier alpha value is -2.66. The molecule has 1 aliphatic heterocycles. The summed E-state index contributed by atoms with van der Waals surface area (Å²) in [5.74, 6) is 2.03. The molecule has 27 heavy (non-hydrogen) atoms. The fourth-order valence-corrected chi connectivity index (χ4v) is 3.66. The first-order chi connectivity index (χ1) is 13.3. The first-order valence-electron chi connectivity index (χ1n) is 9.28. The summed E-state index contributed by atoms with van der Waals surface area (Å²) in [5, 5.41) is 12.2. The van der Waals surface area contributed by atoms with Crippen molar-refractivity contribution < 1.29 is 0 Å². The predicted molar refractivity (Wildman–Crippen MR) is 110 cm³/mol. The van der Waals surface area contributed by atoms with Crippen molar-refractivity contribution in [1.82, 2.24) is 15.2 Å². The Balaban J connectivity index is 1.38. The van der Waals surface area contributed by atoms with Gasteiger partial charge in [-0.2, -0.15) is 10.1 Å². The van der Waals surface area contributed by atoms with Crippen LogP contribution in [0.25, 0.3) is 0 Å². The molecule has 4 rings (SSSR count). The van der Waals surface area contributed by atoms with Gasteiger partial charge < -0.3 is 10.2 Å². The van der Waals surface area contributed by atoms with E-state index in [2.05, 4.69) is 55.7 Å². The molecule has 6 heteroatoms. The van der Waals surface area contributed by atoms with E-state index in [0.717, 1.165) is 38.0 Å². The highest BCUT2D eigenvalue weighted by atomic mass is 35.5. The topological polar surface area (TPSA) is 53.9 Å². The Kier molecular flexibility index (Phi) is 5.49. The molecule has 0 atom stereocenters. The zero-order chi connectivity index (χ0) is 18.5. The van der Waals surface area contributed by atoms with E-state index >= 15 is 0 Å². The summed E-state index contributed by atoms with van der Waals surface area (Å²) in [5.41, 5.74) is 2.23. The third-order valence-corrected chi connectivity index (χ3v) is 5.28. The van der Waals surface area contributed by atoms with Gasteiger partial charge in [-0.25, -0.2) is 0 Å². The molecular weight excluding hydrogens is 358 g/mol. The fourth-order valence-electron chi connectivity index (χ4n) is 3.47. The van der Waals surface area contributed by atoms with Gasteiger partial charge in [0.2, 0.25) is 5.95 Å². The van der Waals surface area contributed by atoms with Gasteiger partial charge in [-0.3, -0.25) is 0 Å². The van der Waals surface area contributed by atoms with Gasteiger partial charge in [-0.1, -0.05) is 54.1 Å². The quantitative estimate of drug-likeness (QED) is 0.694. The summed E-state index contributed by atoms with van der Waals surface area (Å²) in [6, 6.07) is 18.3. The minimum absolute atomic E-state index is 0.652. The summed E-state index contributed by atoms with van der Waals surface area (Å²) in [7, 11) is 0. The van der Waals surface area contributed by atoms with Crippen molar-refractivity contribution in [2.45, 2.75) is 19.3 Å². The lowest BCUT2D eigenvalue weighted by Gasteiger charge is -2.31. The third kappa shape index (κ3) is 4.55. The predicted octanol–water partition coefficient (Wildman–Crippen LogP) is 4.73. The minimum Gasteiger partial charge on any atom is -0.339 e. The Bertz CT molecular complexity index is 879. The number of aromatic nitrogens is 3. The number of rotatable bonds is 5. The van der Waals surface area contributed by atoms with Gasteiger partial charge in [0.05, 0.1) is 16.9 Å². The van der Waals surface area contributed by atoms with Crippen LogP contribution in [0.15, 0.2) is 60.8 Å². The maximum atomic E-state index is 6.21. The molecule has 2 aromatic carbocycles. The van der Waals surface area contributed by atoms with E-state index in [-0.39, 0.29) is 0 Å². The van der Waals surface area contributed by atoms with Gasteiger partial charge in [0.1, 0.15) is 0 Å². The monoisotopic (exact) mass is 379 g/mol. The molecule has 1 N–H and O–H groups in total. The molecule has 0 unspecified atom stereocenters. The molecule has 0 bridgehead atoms. The second-order valence-corrected chi connectivity index (χ2v) is 7.27. The molecule has 0 aliphatic carbocycles. The van der Waals surface area contributed by atoms with Crippen LogP contribution in [0.1, 0.15) is 18.4 Å². The van der Waals surface area contributed by atoms with Crippen molar-refractivity contribution in [2.75, 3.05) is 23.3 Å². The van der Waals surface area contributed by atoms with Crippen LogP contribution in [0, 0.1) is 5.92 Å². The summed E-state index contributed by atoms with van der Waals surface area (Å²) in [6.45, 7) is 1.91. The largest absolute Gasteiger partial charge is 0.339 e. The molecule has 138 valence electrons. The summed E-state index contributed by atoms with van der Waals surface area (Å²) >= 11 is 6.21. The standard InChI is InChI=1S/C21H22ClN5/c22-18-8-4-5-9-19(18)24-20-15-23-26-21(25-20)27-12-10-17(11-13-27)14-16-6-2-1-3-7-16/h1-9,15,17H,10-14H2,(H,24,25,26). The van der Waals surface area contributed by atoms with Crippen molar-refractivity contribution in [3.05, 3.63) is 71.4 Å². The molecule has 1 aromatic heterocycles. The number of hydrogen-bond acceptors (Lipinski definition) is 5. The van der Waals surface area contributed by atoms with E-state index < -0.39 is 0 Å². The molecular formula is C21H22ClN5. The molecule has 0 saturated carbocycles. The van der Waals surface area contributed by atoms with Crippen LogP contribution >= 0.6 is 11.6 Å². The summed E-state index contributed by atoms with van der Waals surface area (Å²) in [4.78, 5) is 6.84. The van der Waals surface area contributed by atoms with E-state index in [1.165, 1.54) is 5.56 Å². The Morgan fingerprint density at radius 2 is 1.74 bits per heavy atom. The first-order valence-corrected chi connectivity index (χ1v) is 9.66. The van der Waals surface area contributed by atoms with Gasteiger partial charge in [-0.15, -0.1) is 5.10 Å². The fraction of sp³-hybridized carbons (Fsp3) is 0.286. The molecule has 0 amide bonds. The van der Waals surface area contributed by atoms with Gasteiger partial charge in [-0.05, 0) is 42.9 Å². The highest BCUT2D eigenvalue weighted by Gasteiger charge is 2.21. The number of hydrogen-bond donors (Lipinski definition) is 1. The number of piperidine rings is 1. The lowest BCUT2D eigenvalue weighted by atomic mass is 9.90. The third-order valence-electron chi connectivity index (χ3n) is 4.95. The van der Waals surface area contributed by atoms with Crippen LogP contribution in [-0.2, 0) is 6.42 Å². The Morgan fingerprint density at radius 3 is 2.52 bits per heavy atom. The molecule has 0 spiro atoms. The van der Waals surface area contributed by atoms with Gasteiger partial charge in [0.25, 0.3) is 0 Å². The number of nitrogens with one attached hydrogen (secondary N) is 1. The lowest BCUT2D eigenvalue weighted by Crippen LogP contribution is -2.35. The second-order valence-electron chi connectivity index (χ2n) is 6.87. The summed E-state index contributed by atoms with van der Waals surface area (Å²) in [6.07, 6.45) is 5.04. The SMILES string of the molecule is Clc1ccccc1Nc1cnnc(N2CCC(Cc3ccccc3)CC2)n1. The van der Waals surface area contributed by atoms with Gasteiger partial charge in [0.15, 0.2) is 5.82 Å². The smallest absolute Gasteiger partial charge is 0.247 e. The lowest BCUT2D eigenvalue weighted by molar-refractivity contribution is 0.400. The first kappa shape index (κ1) is 17.7. The number of nitrogens with zero attached hydrogens (tertiary/aromatic N) is 4. The maximum Gasteiger partial charge on any atom is 0.247 e. The van der Waals surface area contributed by atoms with Crippen molar-refractivity contribution >= 4 is 29.1 Å². The van der Waals surface area contributed by atoms with Crippen LogP contribution in [0.4, 0.5) is 17.5 Å². The zero-order valence-corrected chi connectivity index (χ0v) is 15.8. The highest BCUT2D eigenvalue weighted by Crippen LogP contribution is 2.26. The molecule has 0 radical (unpaired) electrons. The van der Waals surface area contributed by atoms with Crippen LogP contribution in [-0.4, -0.2) is 28.3 Å². The molecule has 1 saturated heterocycles. The van der Waals surface area contributed by atoms with E-state index in [0.29, 0.717) is 22.7 Å². The zero-order valence-electron chi connectivity index (χ0n) is 15.1. The number of anilines is 3. The van der Waals surface area contributed by atoms with Crippen LogP contribution in [0.2, 0.25) is 5.02 Å². The van der Waals surface area contributed by atoms with E-state index in [1.807, 2.05) is 24.3 Å².